The van der Waals surface area contributed by atoms with Crippen molar-refractivity contribution in [3.63, 3.8) is 0 Å². The minimum Gasteiger partial charge on any atom is -0.463 e. The van der Waals surface area contributed by atoms with Gasteiger partial charge in [0, 0.05) is 12.3 Å². The zero-order valence-corrected chi connectivity index (χ0v) is 16.8. The van der Waals surface area contributed by atoms with Gasteiger partial charge in [-0.15, -0.1) is 0 Å². The number of carbonyl (C=O) groups excluding carboxylic acids is 3. The first-order chi connectivity index (χ1) is 12.9. The van der Waals surface area contributed by atoms with Crippen LogP contribution in [0.15, 0.2) is 24.3 Å². The van der Waals surface area contributed by atoms with Gasteiger partial charge in [0.25, 0.3) is 0 Å². The Labute approximate surface area is 164 Å². The number of carbonyl (C=O) groups is 3. The van der Waals surface area contributed by atoms with Crippen LogP contribution in [-0.2, 0) is 23.9 Å². The second-order valence-electron chi connectivity index (χ2n) is 8.01. The maximum atomic E-state index is 13.9. The quantitative estimate of drug-likeness (QED) is 0.610. The molecule has 0 saturated heterocycles. The Balaban J connectivity index is 2.61. The van der Waals surface area contributed by atoms with Gasteiger partial charge in [0.15, 0.2) is 5.78 Å². The Morgan fingerprint density at radius 1 is 1.14 bits per heavy atom. The Morgan fingerprint density at radius 2 is 1.71 bits per heavy atom. The van der Waals surface area contributed by atoms with Crippen LogP contribution in [0.3, 0.4) is 0 Å². The first-order valence-electron chi connectivity index (χ1n) is 9.35. The van der Waals surface area contributed by atoms with Gasteiger partial charge in [0.2, 0.25) is 0 Å². The van der Waals surface area contributed by atoms with E-state index in [0.29, 0.717) is 0 Å². The largest absolute Gasteiger partial charge is 0.463 e. The predicted molar refractivity (Wildman–Crippen MR) is 98.8 cm³/mol. The molecule has 1 aromatic carbocycles. The summed E-state index contributed by atoms with van der Waals surface area (Å²) in [6.45, 7) is 7.95. The molecule has 0 radical (unpaired) electrons. The SMILES string of the molecule is CC(C)OC(=O)C1C(=O)CC(C)(O)C(C(=O)OC(C)C)C1c1cccc(F)c1. The number of rotatable bonds is 5. The summed E-state index contributed by atoms with van der Waals surface area (Å²) >= 11 is 0. The molecule has 154 valence electrons. The third-order valence-electron chi connectivity index (χ3n) is 4.71. The second kappa shape index (κ2) is 8.39. The summed E-state index contributed by atoms with van der Waals surface area (Å²) in [6, 6.07) is 5.32. The third-order valence-corrected chi connectivity index (χ3v) is 4.71. The zero-order valence-electron chi connectivity index (χ0n) is 16.8. The molecule has 0 bridgehead atoms. The van der Waals surface area contributed by atoms with Crippen LogP contribution in [-0.4, -0.2) is 40.6 Å². The topological polar surface area (TPSA) is 89.9 Å². The Bertz CT molecular complexity index is 747. The molecule has 0 amide bonds. The van der Waals surface area contributed by atoms with E-state index in [4.69, 9.17) is 9.47 Å². The van der Waals surface area contributed by atoms with E-state index in [2.05, 4.69) is 0 Å². The van der Waals surface area contributed by atoms with Gasteiger partial charge in [-0.3, -0.25) is 14.4 Å². The summed E-state index contributed by atoms with van der Waals surface area (Å²) in [5.41, 5.74) is -1.50. The number of Topliss-reactive ketones (excluding diaryl/α,β-unsaturated/α-hetero) is 1. The zero-order chi connectivity index (χ0) is 21.2. The lowest BCUT2D eigenvalue weighted by Crippen LogP contribution is -2.55. The highest BCUT2D eigenvalue weighted by Crippen LogP contribution is 2.47. The molecule has 4 unspecified atom stereocenters. The smallest absolute Gasteiger partial charge is 0.317 e. The summed E-state index contributed by atoms with van der Waals surface area (Å²) in [5.74, 6) is -6.37. The number of hydrogen-bond donors (Lipinski definition) is 1. The van der Waals surface area contributed by atoms with Gasteiger partial charge < -0.3 is 14.6 Å². The van der Waals surface area contributed by atoms with Crippen molar-refractivity contribution in [1.29, 1.82) is 0 Å². The highest BCUT2D eigenvalue weighted by atomic mass is 19.1. The van der Waals surface area contributed by atoms with Gasteiger partial charge in [-0.25, -0.2) is 4.39 Å². The highest BCUT2D eigenvalue weighted by Gasteiger charge is 2.57. The van der Waals surface area contributed by atoms with Crippen LogP contribution in [0.5, 0.6) is 0 Å². The molecular weight excluding hydrogens is 367 g/mol. The van der Waals surface area contributed by atoms with Gasteiger partial charge in [0.1, 0.15) is 11.7 Å². The molecule has 1 aromatic rings. The molecule has 6 nitrogen and oxygen atoms in total. The number of esters is 2. The van der Waals surface area contributed by atoms with Crippen molar-refractivity contribution in [2.45, 2.75) is 64.8 Å². The van der Waals surface area contributed by atoms with Gasteiger partial charge in [-0.1, -0.05) is 12.1 Å². The Morgan fingerprint density at radius 3 is 2.25 bits per heavy atom. The van der Waals surface area contributed by atoms with E-state index >= 15 is 0 Å². The minimum absolute atomic E-state index is 0.254. The molecular formula is C21H27FO6. The van der Waals surface area contributed by atoms with Gasteiger partial charge in [-0.2, -0.15) is 0 Å². The maximum absolute atomic E-state index is 13.9. The van der Waals surface area contributed by atoms with E-state index in [1.807, 2.05) is 0 Å². The molecule has 0 aliphatic heterocycles. The molecule has 2 rings (SSSR count). The molecule has 1 fully saturated rings. The first-order valence-corrected chi connectivity index (χ1v) is 9.35. The van der Waals surface area contributed by atoms with Gasteiger partial charge in [0.05, 0.1) is 23.7 Å². The van der Waals surface area contributed by atoms with E-state index in [1.165, 1.54) is 25.1 Å². The third kappa shape index (κ3) is 4.76. The average Bonchev–Trinajstić information content (AvgIpc) is 2.51. The van der Waals surface area contributed by atoms with Crippen molar-refractivity contribution in [3.8, 4) is 0 Å². The lowest BCUT2D eigenvalue weighted by Gasteiger charge is -2.44. The highest BCUT2D eigenvalue weighted by molar-refractivity contribution is 6.02. The van der Waals surface area contributed by atoms with Crippen LogP contribution >= 0.6 is 0 Å². The predicted octanol–water partition coefficient (Wildman–Crippen LogP) is 2.77. The molecule has 1 aliphatic rings. The lowest BCUT2D eigenvalue weighted by molar-refractivity contribution is -0.176. The van der Waals surface area contributed by atoms with Crippen LogP contribution in [0.1, 0.15) is 52.5 Å². The van der Waals surface area contributed by atoms with Crippen LogP contribution in [0.2, 0.25) is 0 Å². The molecule has 0 heterocycles. The molecule has 1 saturated carbocycles. The van der Waals surface area contributed by atoms with Crippen LogP contribution in [0, 0.1) is 17.7 Å². The van der Waals surface area contributed by atoms with Crippen molar-refractivity contribution in [1.82, 2.24) is 0 Å². The molecule has 1 N–H and O–H groups in total. The standard InChI is InChI=1S/C21H27FO6/c1-11(2)27-19(24)17-15(23)10-21(5,26)18(20(25)28-12(3)4)16(17)13-7-6-8-14(22)9-13/h6-9,11-12,16-18,26H,10H2,1-5H3. The number of benzene rings is 1. The number of ketones is 1. The molecule has 0 aromatic heterocycles. The van der Waals surface area contributed by atoms with E-state index < -0.39 is 65.5 Å². The summed E-state index contributed by atoms with van der Waals surface area (Å²) in [7, 11) is 0. The molecule has 0 spiro atoms. The number of halogens is 1. The van der Waals surface area contributed by atoms with Crippen LogP contribution < -0.4 is 0 Å². The number of ether oxygens (including phenoxy) is 2. The molecule has 1 aliphatic carbocycles. The van der Waals surface area contributed by atoms with Crippen molar-refractivity contribution in [2.24, 2.45) is 11.8 Å². The fraction of sp³-hybridized carbons (Fsp3) is 0.571. The first kappa shape index (κ1) is 22.0. The summed E-state index contributed by atoms with van der Waals surface area (Å²) in [5, 5.41) is 10.9. The van der Waals surface area contributed by atoms with E-state index in [0.717, 1.165) is 6.07 Å². The molecule has 28 heavy (non-hydrogen) atoms. The molecule has 7 heteroatoms. The summed E-state index contributed by atoms with van der Waals surface area (Å²) in [4.78, 5) is 38.4. The van der Waals surface area contributed by atoms with Crippen molar-refractivity contribution >= 4 is 17.7 Å². The average molecular weight is 394 g/mol. The second-order valence-corrected chi connectivity index (χ2v) is 8.01. The lowest BCUT2D eigenvalue weighted by atomic mass is 9.61. The number of hydrogen-bond acceptors (Lipinski definition) is 6. The fourth-order valence-corrected chi connectivity index (χ4v) is 3.74. The maximum Gasteiger partial charge on any atom is 0.317 e. The van der Waals surface area contributed by atoms with Gasteiger partial charge in [-0.05, 0) is 52.3 Å². The molecule has 4 atom stereocenters. The van der Waals surface area contributed by atoms with Gasteiger partial charge >= 0.3 is 11.9 Å². The summed E-state index contributed by atoms with van der Waals surface area (Å²) in [6.07, 6.45) is -1.35. The Kier molecular flexibility index (Phi) is 6.59. The van der Waals surface area contributed by atoms with Crippen molar-refractivity contribution in [3.05, 3.63) is 35.6 Å². The minimum atomic E-state index is -1.76. The normalized spacial score (nSPS) is 27.8. The monoisotopic (exact) mass is 394 g/mol. The van der Waals surface area contributed by atoms with Crippen LogP contribution in [0.25, 0.3) is 0 Å². The van der Waals surface area contributed by atoms with Crippen LogP contribution in [0.4, 0.5) is 4.39 Å². The van der Waals surface area contributed by atoms with E-state index in [-0.39, 0.29) is 5.56 Å². The van der Waals surface area contributed by atoms with E-state index in [9.17, 15) is 23.9 Å². The Hall–Kier alpha value is -2.28. The fourth-order valence-electron chi connectivity index (χ4n) is 3.74. The van der Waals surface area contributed by atoms with Crippen molar-refractivity contribution < 1.29 is 33.4 Å². The summed E-state index contributed by atoms with van der Waals surface area (Å²) < 4.78 is 24.4. The van der Waals surface area contributed by atoms with E-state index in [1.54, 1.807) is 27.7 Å². The van der Waals surface area contributed by atoms with Crippen molar-refractivity contribution in [2.75, 3.05) is 0 Å². The number of aliphatic hydroxyl groups is 1.